The van der Waals surface area contributed by atoms with Gasteiger partial charge in [-0.2, -0.15) is 0 Å². The van der Waals surface area contributed by atoms with E-state index in [-0.39, 0.29) is 5.57 Å². The summed E-state index contributed by atoms with van der Waals surface area (Å²) < 4.78 is 10.5. The summed E-state index contributed by atoms with van der Waals surface area (Å²) in [6, 6.07) is 12.1. The van der Waals surface area contributed by atoms with E-state index in [2.05, 4.69) is 4.90 Å². The lowest BCUT2D eigenvalue weighted by Crippen LogP contribution is -2.32. The predicted octanol–water partition coefficient (Wildman–Crippen LogP) is 3.54. The monoisotopic (exact) mass is 408 g/mol. The van der Waals surface area contributed by atoms with Gasteiger partial charge in [-0.25, -0.2) is 4.90 Å². The smallest absolute Gasteiger partial charge is 0.301 e. The third-order valence-electron chi connectivity index (χ3n) is 5.56. The molecule has 7 nitrogen and oxygen atoms in total. The number of carbonyl (C=O) groups is 2. The number of rotatable bonds is 5. The van der Waals surface area contributed by atoms with Crippen molar-refractivity contribution in [2.24, 2.45) is 0 Å². The molecule has 30 heavy (non-hydrogen) atoms. The molecule has 2 amide bonds. The highest BCUT2D eigenvalue weighted by atomic mass is 16.5. The lowest BCUT2D eigenvalue weighted by atomic mass is 10.0. The first-order valence-electron chi connectivity index (χ1n) is 9.94. The average molecular weight is 408 g/mol. The number of anilines is 2. The van der Waals surface area contributed by atoms with Crippen molar-refractivity contribution in [3.8, 4) is 11.5 Å². The molecule has 0 unspecified atom stereocenters. The van der Waals surface area contributed by atoms with Gasteiger partial charge in [0.15, 0.2) is 17.3 Å². The van der Waals surface area contributed by atoms with Crippen LogP contribution in [0, 0.1) is 0 Å². The Bertz CT molecular complexity index is 1010. The second kappa shape index (κ2) is 8.10. The van der Waals surface area contributed by atoms with Crippen molar-refractivity contribution < 1.29 is 24.2 Å². The van der Waals surface area contributed by atoms with Crippen LogP contribution in [0.2, 0.25) is 0 Å². The molecular weight excluding hydrogens is 384 g/mol. The molecule has 2 aliphatic rings. The van der Waals surface area contributed by atoms with Gasteiger partial charge in [-0.3, -0.25) is 9.59 Å². The molecule has 1 fully saturated rings. The zero-order valence-electron chi connectivity index (χ0n) is 17.1. The third kappa shape index (κ3) is 3.36. The van der Waals surface area contributed by atoms with Gasteiger partial charge < -0.3 is 19.5 Å². The van der Waals surface area contributed by atoms with Crippen molar-refractivity contribution in [2.75, 3.05) is 37.1 Å². The Morgan fingerprint density at radius 1 is 0.800 bits per heavy atom. The van der Waals surface area contributed by atoms with Crippen LogP contribution in [-0.4, -0.2) is 44.2 Å². The van der Waals surface area contributed by atoms with Crippen molar-refractivity contribution >= 4 is 28.8 Å². The third-order valence-corrected chi connectivity index (χ3v) is 5.56. The molecule has 0 aromatic heterocycles. The van der Waals surface area contributed by atoms with Crippen LogP contribution < -0.4 is 19.3 Å². The summed E-state index contributed by atoms with van der Waals surface area (Å²) in [6.07, 6.45) is 3.57. The van der Waals surface area contributed by atoms with Gasteiger partial charge in [-0.15, -0.1) is 0 Å². The summed E-state index contributed by atoms with van der Waals surface area (Å²) in [5.41, 5.74) is 1.82. The highest BCUT2D eigenvalue weighted by Gasteiger charge is 2.40. The number of methoxy groups -OCH3 is 2. The first kappa shape index (κ1) is 19.8. The Kier molecular flexibility index (Phi) is 5.35. The zero-order valence-corrected chi connectivity index (χ0v) is 17.1. The molecular formula is C23H24N2O5. The summed E-state index contributed by atoms with van der Waals surface area (Å²) in [7, 11) is 2.99. The summed E-state index contributed by atoms with van der Waals surface area (Å²) in [6.45, 7) is 2.01. The van der Waals surface area contributed by atoms with Crippen molar-refractivity contribution in [2.45, 2.75) is 19.3 Å². The SMILES string of the molecule is COc1ccc(C2=C(O)C(=O)N(c3ccc(N4CCCCC4)cc3)C2=O)cc1OC. The summed E-state index contributed by atoms with van der Waals surface area (Å²) in [5, 5.41) is 10.4. The number of imide groups is 1. The highest BCUT2D eigenvalue weighted by molar-refractivity contribution is 6.44. The first-order valence-corrected chi connectivity index (χ1v) is 9.94. The number of aliphatic hydroxyl groups excluding tert-OH is 1. The lowest BCUT2D eigenvalue weighted by molar-refractivity contribution is -0.121. The molecule has 0 aliphatic carbocycles. The number of piperidine rings is 1. The van der Waals surface area contributed by atoms with Crippen LogP contribution in [0.4, 0.5) is 11.4 Å². The molecule has 156 valence electrons. The standard InChI is InChI=1S/C23H24N2O5/c1-29-18-11-6-15(14-19(18)30-2)20-21(26)23(28)25(22(20)27)17-9-7-16(8-10-17)24-12-4-3-5-13-24/h6-11,14,26H,3-5,12-13H2,1-2H3. The quantitative estimate of drug-likeness (QED) is 0.763. The molecule has 2 heterocycles. The van der Waals surface area contributed by atoms with Gasteiger partial charge in [0.05, 0.1) is 25.5 Å². The number of aliphatic hydroxyl groups is 1. The maximum Gasteiger partial charge on any atom is 0.301 e. The zero-order chi connectivity index (χ0) is 21.3. The number of hydrogen-bond acceptors (Lipinski definition) is 6. The minimum Gasteiger partial charge on any atom is -0.502 e. The van der Waals surface area contributed by atoms with Crippen molar-refractivity contribution in [1.82, 2.24) is 0 Å². The van der Waals surface area contributed by atoms with E-state index in [1.165, 1.54) is 20.6 Å². The minimum absolute atomic E-state index is 0.0546. The summed E-state index contributed by atoms with van der Waals surface area (Å²) in [5.74, 6) is -0.999. The number of ether oxygens (including phenoxy) is 2. The topological polar surface area (TPSA) is 79.3 Å². The Morgan fingerprint density at radius 3 is 2.07 bits per heavy atom. The number of carbonyl (C=O) groups excluding carboxylic acids is 2. The Morgan fingerprint density at radius 2 is 1.43 bits per heavy atom. The Hall–Kier alpha value is -3.48. The van der Waals surface area contributed by atoms with E-state index < -0.39 is 17.6 Å². The molecule has 2 aromatic carbocycles. The number of benzene rings is 2. The Balaban J connectivity index is 1.62. The van der Waals surface area contributed by atoms with Gasteiger partial charge in [-0.1, -0.05) is 6.07 Å². The fourth-order valence-corrected chi connectivity index (χ4v) is 3.97. The van der Waals surface area contributed by atoms with Gasteiger partial charge in [0.25, 0.3) is 5.91 Å². The Labute approximate surface area is 175 Å². The second-order valence-corrected chi connectivity index (χ2v) is 7.30. The molecule has 0 saturated carbocycles. The fourth-order valence-electron chi connectivity index (χ4n) is 3.97. The van der Waals surface area contributed by atoms with E-state index in [4.69, 9.17) is 9.47 Å². The normalized spacial score (nSPS) is 17.0. The van der Waals surface area contributed by atoms with Crippen molar-refractivity contribution in [3.63, 3.8) is 0 Å². The van der Waals surface area contributed by atoms with Crippen LogP contribution in [0.1, 0.15) is 24.8 Å². The largest absolute Gasteiger partial charge is 0.502 e. The predicted molar refractivity (Wildman–Crippen MR) is 114 cm³/mol. The molecule has 7 heteroatoms. The molecule has 2 aromatic rings. The van der Waals surface area contributed by atoms with Crippen LogP contribution in [0.25, 0.3) is 5.57 Å². The lowest BCUT2D eigenvalue weighted by Gasteiger charge is -2.29. The second-order valence-electron chi connectivity index (χ2n) is 7.30. The van der Waals surface area contributed by atoms with Crippen LogP contribution in [0.3, 0.4) is 0 Å². The van der Waals surface area contributed by atoms with E-state index in [0.29, 0.717) is 22.7 Å². The molecule has 0 spiro atoms. The average Bonchev–Trinajstić information content (AvgIpc) is 3.02. The van der Waals surface area contributed by atoms with E-state index in [9.17, 15) is 14.7 Å². The van der Waals surface area contributed by atoms with Gasteiger partial charge >= 0.3 is 5.91 Å². The summed E-state index contributed by atoms with van der Waals surface area (Å²) >= 11 is 0. The molecule has 2 aliphatic heterocycles. The van der Waals surface area contributed by atoms with Crippen molar-refractivity contribution in [3.05, 3.63) is 53.8 Å². The first-order chi connectivity index (χ1) is 14.5. The number of hydrogen-bond donors (Lipinski definition) is 1. The molecule has 1 saturated heterocycles. The van der Waals surface area contributed by atoms with E-state index in [1.807, 2.05) is 12.1 Å². The number of amides is 2. The van der Waals surface area contributed by atoms with Crippen LogP contribution in [-0.2, 0) is 9.59 Å². The van der Waals surface area contributed by atoms with Gasteiger partial charge in [0.1, 0.15) is 0 Å². The fraction of sp³-hybridized carbons (Fsp3) is 0.304. The van der Waals surface area contributed by atoms with Gasteiger partial charge in [-0.05, 0) is 61.2 Å². The summed E-state index contributed by atoms with van der Waals surface area (Å²) in [4.78, 5) is 29.1. The van der Waals surface area contributed by atoms with E-state index in [1.54, 1.807) is 30.3 Å². The van der Waals surface area contributed by atoms with Crippen molar-refractivity contribution in [1.29, 1.82) is 0 Å². The van der Waals surface area contributed by atoms with Crippen LogP contribution >= 0.6 is 0 Å². The van der Waals surface area contributed by atoms with Crippen LogP contribution in [0.15, 0.2) is 48.2 Å². The molecule has 4 rings (SSSR count). The minimum atomic E-state index is -0.740. The molecule has 1 N–H and O–H groups in total. The van der Waals surface area contributed by atoms with Gasteiger partial charge in [0, 0.05) is 18.8 Å². The van der Waals surface area contributed by atoms with E-state index in [0.717, 1.165) is 36.5 Å². The van der Waals surface area contributed by atoms with Crippen LogP contribution in [0.5, 0.6) is 11.5 Å². The van der Waals surface area contributed by atoms with Gasteiger partial charge in [0.2, 0.25) is 0 Å². The highest BCUT2D eigenvalue weighted by Crippen LogP contribution is 2.36. The molecule has 0 atom stereocenters. The maximum absolute atomic E-state index is 13.1. The molecule has 0 bridgehead atoms. The van der Waals surface area contributed by atoms with E-state index >= 15 is 0 Å². The number of nitrogens with zero attached hydrogens (tertiary/aromatic N) is 2. The maximum atomic E-state index is 13.1. The molecule has 0 radical (unpaired) electrons.